The van der Waals surface area contributed by atoms with Gasteiger partial charge in [-0.1, -0.05) is 18.2 Å². The van der Waals surface area contributed by atoms with Crippen molar-refractivity contribution in [1.29, 1.82) is 15.8 Å². The van der Waals surface area contributed by atoms with Crippen LogP contribution in [0.3, 0.4) is 0 Å². The number of nitriles is 3. The molecule has 1 aromatic rings. The Hall–Kier alpha value is -3.30. The van der Waals surface area contributed by atoms with Gasteiger partial charge in [0.25, 0.3) is 0 Å². The molecule has 0 atom stereocenters. The Morgan fingerprint density at radius 3 is 2.32 bits per heavy atom. The van der Waals surface area contributed by atoms with E-state index in [4.69, 9.17) is 15.8 Å². The second-order valence-electron chi connectivity index (χ2n) is 3.40. The normalized spacial score (nSPS) is 9.47. The molecule has 0 aliphatic heterocycles. The van der Waals surface area contributed by atoms with Gasteiger partial charge >= 0.3 is 0 Å². The summed E-state index contributed by atoms with van der Waals surface area (Å²) in [5, 5.41) is 30.1. The van der Waals surface area contributed by atoms with Gasteiger partial charge in [0.2, 0.25) is 5.84 Å². The third kappa shape index (κ3) is 4.22. The lowest BCUT2D eigenvalue weighted by molar-refractivity contribution is 0.689. The number of hydrazone groups is 1. The number of allylic oxidation sites excluding steroid dienone is 1. The van der Waals surface area contributed by atoms with Crippen LogP contribution < -0.4 is 5.43 Å². The Balaban J connectivity index is 2.85. The van der Waals surface area contributed by atoms with Gasteiger partial charge in [0.15, 0.2) is 0 Å². The smallest absolute Gasteiger partial charge is 0.230 e. The predicted octanol–water partition coefficient (Wildman–Crippen LogP) is 1.80. The van der Waals surface area contributed by atoms with Crippen LogP contribution in [0.15, 0.2) is 47.2 Å². The number of hydrogen-bond donors (Lipinski definition) is 1. The maximum absolute atomic E-state index is 8.98. The minimum atomic E-state index is -0.106. The molecular formula is C13H10N6. The summed E-state index contributed by atoms with van der Waals surface area (Å²) >= 11 is 0. The number of rotatable bonds is 3. The van der Waals surface area contributed by atoms with E-state index in [0.29, 0.717) is 0 Å². The maximum Gasteiger partial charge on any atom is 0.230 e. The zero-order valence-electron chi connectivity index (χ0n) is 10.2. The minimum Gasteiger partial charge on any atom is -0.324 e. The third-order valence-corrected chi connectivity index (χ3v) is 2.06. The van der Waals surface area contributed by atoms with Crippen LogP contribution in [-0.4, -0.2) is 17.8 Å². The first kappa shape index (κ1) is 13.8. The molecule has 1 N–H and O–H groups in total. The van der Waals surface area contributed by atoms with Crippen molar-refractivity contribution in [2.24, 2.45) is 5.10 Å². The predicted molar refractivity (Wildman–Crippen MR) is 70.2 cm³/mol. The molecule has 0 radical (unpaired) electrons. The van der Waals surface area contributed by atoms with Crippen molar-refractivity contribution >= 4 is 11.5 Å². The van der Waals surface area contributed by atoms with Gasteiger partial charge in [-0.15, -0.1) is 5.10 Å². The quantitative estimate of drug-likeness (QED) is 0.381. The van der Waals surface area contributed by atoms with Crippen molar-refractivity contribution in [3.05, 3.63) is 42.1 Å². The number of para-hydroxylation sites is 1. The summed E-state index contributed by atoms with van der Waals surface area (Å²) < 4.78 is 0. The average Bonchev–Trinajstić information content (AvgIpc) is 2.46. The fourth-order valence-electron chi connectivity index (χ4n) is 1.15. The van der Waals surface area contributed by atoms with Gasteiger partial charge in [-0.05, 0) is 12.1 Å². The van der Waals surface area contributed by atoms with Crippen LogP contribution in [0.25, 0.3) is 0 Å². The molecule has 0 saturated carbocycles. The molecule has 19 heavy (non-hydrogen) atoms. The van der Waals surface area contributed by atoms with Crippen LogP contribution in [0, 0.1) is 34.0 Å². The van der Waals surface area contributed by atoms with E-state index < -0.39 is 0 Å². The zero-order valence-corrected chi connectivity index (χ0v) is 10.2. The molecular weight excluding hydrogens is 240 g/mol. The maximum atomic E-state index is 8.98. The fraction of sp³-hybridized carbons (Fsp3) is 0.0769. The van der Waals surface area contributed by atoms with E-state index in [1.165, 1.54) is 18.1 Å². The van der Waals surface area contributed by atoms with E-state index in [9.17, 15) is 0 Å². The van der Waals surface area contributed by atoms with Crippen LogP contribution >= 0.6 is 0 Å². The van der Waals surface area contributed by atoms with E-state index in [1.54, 1.807) is 24.3 Å². The van der Waals surface area contributed by atoms with Crippen LogP contribution in [0.4, 0.5) is 5.69 Å². The lowest BCUT2D eigenvalue weighted by Gasteiger charge is -2.10. The number of anilines is 1. The summed E-state index contributed by atoms with van der Waals surface area (Å²) in [6.45, 7) is 0. The van der Waals surface area contributed by atoms with E-state index in [1.807, 2.05) is 24.3 Å². The molecule has 6 nitrogen and oxygen atoms in total. The van der Waals surface area contributed by atoms with Crippen molar-refractivity contribution in [3.8, 4) is 18.2 Å². The summed E-state index contributed by atoms with van der Waals surface area (Å²) in [7, 11) is 1.53. The summed E-state index contributed by atoms with van der Waals surface area (Å²) in [4.78, 5) is 1.30. The molecule has 1 rings (SSSR count). The Morgan fingerprint density at radius 2 is 1.79 bits per heavy atom. The Bertz CT molecular complexity index is 593. The molecule has 6 heteroatoms. The van der Waals surface area contributed by atoms with Gasteiger partial charge in [0.05, 0.1) is 5.69 Å². The zero-order chi connectivity index (χ0) is 14.1. The lowest BCUT2D eigenvalue weighted by atomic mass is 10.3. The Labute approximate surface area is 111 Å². The number of hydrogen-bond acceptors (Lipinski definition) is 5. The Morgan fingerprint density at radius 1 is 1.16 bits per heavy atom. The third-order valence-electron chi connectivity index (χ3n) is 2.06. The van der Waals surface area contributed by atoms with Gasteiger partial charge in [-0.2, -0.15) is 15.8 Å². The first-order chi connectivity index (χ1) is 9.21. The van der Waals surface area contributed by atoms with Crippen molar-refractivity contribution < 1.29 is 0 Å². The average molecular weight is 250 g/mol. The van der Waals surface area contributed by atoms with Crippen molar-refractivity contribution in [2.45, 2.75) is 0 Å². The topological polar surface area (TPSA) is 99.0 Å². The second-order valence-corrected chi connectivity index (χ2v) is 3.40. The Kier molecular flexibility index (Phi) is 5.15. The summed E-state index contributed by atoms with van der Waals surface area (Å²) in [6.07, 6.45) is 1.24. The van der Waals surface area contributed by atoms with Gasteiger partial charge in [0, 0.05) is 13.2 Å². The highest BCUT2D eigenvalue weighted by molar-refractivity contribution is 5.97. The number of amidine groups is 1. The van der Waals surface area contributed by atoms with Gasteiger partial charge in [-0.25, -0.2) is 0 Å². The standard InChI is InChI=1S/C13H10N6/c1-19(10-11(7-14)8-15)13(9-16)18-17-12-5-3-2-4-6-12/h2-6,10,17H,1H3/b18-13-. The summed E-state index contributed by atoms with van der Waals surface area (Å²) in [5.74, 6) is 0.0341. The summed E-state index contributed by atoms with van der Waals surface area (Å²) in [5.41, 5.74) is 3.34. The van der Waals surface area contributed by atoms with E-state index in [-0.39, 0.29) is 11.4 Å². The lowest BCUT2D eigenvalue weighted by Crippen LogP contribution is -2.21. The van der Waals surface area contributed by atoms with Crippen molar-refractivity contribution in [3.63, 3.8) is 0 Å². The van der Waals surface area contributed by atoms with E-state index >= 15 is 0 Å². The van der Waals surface area contributed by atoms with Crippen LogP contribution in [0.5, 0.6) is 0 Å². The molecule has 0 aliphatic rings. The molecule has 0 heterocycles. The highest BCUT2D eigenvalue weighted by atomic mass is 15.3. The molecule has 0 spiro atoms. The van der Waals surface area contributed by atoms with Gasteiger partial charge in [-0.3, -0.25) is 5.43 Å². The molecule has 92 valence electrons. The highest BCUT2D eigenvalue weighted by Gasteiger charge is 2.04. The molecule has 0 amide bonds. The highest BCUT2D eigenvalue weighted by Crippen LogP contribution is 2.05. The van der Waals surface area contributed by atoms with Gasteiger partial charge < -0.3 is 4.90 Å². The van der Waals surface area contributed by atoms with Crippen LogP contribution in [0.2, 0.25) is 0 Å². The van der Waals surface area contributed by atoms with E-state index in [2.05, 4.69) is 10.5 Å². The molecule has 0 aromatic heterocycles. The molecule has 0 unspecified atom stereocenters. The number of benzene rings is 1. The number of nitrogens with one attached hydrogen (secondary N) is 1. The van der Waals surface area contributed by atoms with E-state index in [0.717, 1.165) is 5.69 Å². The molecule has 1 aromatic carbocycles. The largest absolute Gasteiger partial charge is 0.324 e. The first-order valence-corrected chi connectivity index (χ1v) is 5.25. The van der Waals surface area contributed by atoms with Crippen LogP contribution in [0.1, 0.15) is 0 Å². The van der Waals surface area contributed by atoms with Crippen molar-refractivity contribution in [2.75, 3.05) is 12.5 Å². The van der Waals surface area contributed by atoms with Crippen LogP contribution in [-0.2, 0) is 0 Å². The molecule has 0 fully saturated rings. The fourth-order valence-corrected chi connectivity index (χ4v) is 1.15. The first-order valence-electron chi connectivity index (χ1n) is 5.25. The molecule has 0 saturated heterocycles. The number of nitrogens with zero attached hydrogens (tertiary/aromatic N) is 5. The SMILES string of the molecule is CN(C=C(C#N)C#N)/C(C#N)=N\Nc1ccccc1. The minimum absolute atomic E-state index is 0.0341. The second kappa shape index (κ2) is 7.11. The molecule has 0 bridgehead atoms. The van der Waals surface area contributed by atoms with Crippen molar-refractivity contribution in [1.82, 2.24) is 4.90 Å². The molecule has 0 aliphatic carbocycles. The van der Waals surface area contributed by atoms with Gasteiger partial charge in [0.1, 0.15) is 23.8 Å². The summed E-state index contributed by atoms with van der Waals surface area (Å²) in [6, 6.07) is 14.4. The monoisotopic (exact) mass is 250 g/mol.